The Labute approximate surface area is 143 Å². The van der Waals surface area contributed by atoms with E-state index in [0.717, 1.165) is 6.08 Å². The topological polar surface area (TPSA) is 145 Å². The van der Waals surface area contributed by atoms with Crippen LogP contribution in [0.1, 0.15) is 25.3 Å². The van der Waals surface area contributed by atoms with E-state index in [4.69, 9.17) is 9.84 Å². The lowest BCUT2D eigenvalue weighted by atomic mass is 9.75. The summed E-state index contributed by atoms with van der Waals surface area (Å²) in [6, 6.07) is 3.94. The molecule has 136 valence electrons. The first-order valence-electron chi connectivity index (χ1n) is 7.67. The van der Waals surface area contributed by atoms with Gasteiger partial charge in [0.2, 0.25) is 0 Å². The van der Waals surface area contributed by atoms with Gasteiger partial charge in [-0.25, -0.2) is 9.59 Å². The molecule has 0 spiro atoms. The van der Waals surface area contributed by atoms with Crippen molar-refractivity contribution < 1.29 is 39.9 Å². The van der Waals surface area contributed by atoms with E-state index in [1.807, 2.05) is 0 Å². The summed E-state index contributed by atoms with van der Waals surface area (Å²) in [7, 11) is 0. The first kappa shape index (κ1) is 18.8. The molecule has 25 heavy (non-hydrogen) atoms. The summed E-state index contributed by atoms with van der Waals surface area (Å²) in [5.41, 5.74) is -1.64. The molecule has 1 fully saturated rings. The zero-order valence-electron chi connectivity index (χ0n) is 13.5. The Kier molecular flexibility index (Phi) is 5.34. The number of carboxylic acids is 1. The molecule has 0 amide bonds. The van der Waals surface area contributed by atoms with Gasteiger partial charge in [0.25, 0.3) is 0 Å². The van der Waals surface area contributed by atoms with Gasteiger partial charge >= 0.3 is 11.9 Å². The molecule has 1 saturated carbocycles. The first-order valence-corrected chi connectivity index (χ1v) is 7.67. The van der Waals surface area contributed by atoms with Crippen LogP contribution in [0.3, 0.4) is 0 Å². The molecular formula is C17H20O8. The molecule has 2 rings (SSSR count). The number of ether oxygens (including phenoxy) is 1. The molecule has 8 heteroatoms. The third-order valence-electron chi connectivity index (χ3n) is 4.24. The predicted octanol–water partition coefficient (Wildman–Crippen LogP) is 0.629. The highest BCUT2D eigenvalue weighted by Crippen LogP contribution is 2.34. The van der Waals surface area contributed by atoms with E-state index in [-0.39, 0.29) is 17.9 Å². The van der Waals surface area contributed by atoms with Crippen molar-refractivity contribution in [2.45, 2.75) is 37.6 Å². The number of esters is 1. The van der Waals surface area contributed by atoms with E-state index in [0.29, 0.717) is 5.56 Å². The smallest absolute Gasteiger partial charge is 0.335 e. The Morgan fingerprint density at radius 2 is 1.92 bits per heavy atom. The van der Waals surface area contributed by atoms with Gasteiger partial charge in [0.1, 0.15) is 6.10 Å². The Hall–Kier alpha value is -2.58. The van der Waals surface area contributed by atoms with E-state index in [2.05, 4.69) is 0 Å². The Bertz CT molecular complexity index is 698. The molecule has 1 aliphatic carbocycles. The van der Waals surface area contributed by atoms with Gasteiger partial charge in [-0.3, -0.25) is 0 Å². The van der Waals surface area contributed by atoms with Crippen LogP contribution in [-0.4, -0.2) is 55.3 Å². The summed E-state index contributed by atoms with van der Waals surface area (Å²) in [5.74, 6) is -3.47. The van der Waals surface area contributed by atoms with Crippen LogP contribution in [0.2, 0.25) is 0 Å². The van der Waals surface area contributed by atoms with Gasteiger partial charge < -0.3 is 30.3 Å². The summed E-state index contributed by atoms with van der Waals surface area (Å²) >= 11 is 0. The van der Waals surface area contributed by atoms with Gasteiger partial charge in [-0.1, -0.05) is 13.0 Å². The van der Waals surface area contributed by atoms with Crippen LogP contribution in [0.15, 0.2) is 24.3 Å². The lowest BCUT2D eigenvalue weighted by Crippen LogP contribution is -2.54. The van der Waals surface area contributed by atoms with E-state index >= 15 is 0 Å². The lowest BCUT2D eigenvalue weighted by Gasteiger charge is -2.39. The summed E-state index contributed by atoms with van der Waals surface area (Å²) in [4.78, 5) is 23.1. The van der Waals surface area contributed by atoms with Gasteiger partial charge in [0.15, 0.2) is 17.1 Å². The summed E-state index contributed by atoms with van der Waals surface area (Å²) in [6.45, 7) is 1.56. The molecule has 0 unspecified atom stereocenters. The number of hydrogen-bond acceptors (Lipinski definition) is 7. The second-order valence-electron chi connectivity index (χ2n) is 6.27. The van der Waals surface area contributed by atoms with Gasteiger partial charge in [0, 0.05) is 12.5 Å². The third-order valence-corrected chi connectivity index (χ3v) is 4.24. The van der Waals surface area contributed by atoms with Crippen LogP contribution >= 0.6 is 0 Å². The number of rotatable bonds is 4. The fourth-order valence-corrected chi connectivity index (χ4v) is 2.84. The van der Waals surface area contributed by atoms with Crippen molar-refractivity contribution in [2.24, 2.45) is 5.92 Å². The minimum atomic E-state index is -2.06. The Morgan fingerprint density at radius 1 is 1.24 bits per heavy atom. The quantitative estimate of drug-likeness (QED) is 0.301. The molecule has 0 bridgehead atoms. The maximum atomic E-state index is 11.9. The lowest BCUT2D eigenvalue weighted by molar-refractivity contribution is -0.187. The van der Waals surface area contributed by atoms with E-state index < -0.39 is 42.1 Å². The van der Waals surface area contributed by atoms with Crippen LogP contribution in [-0.2, 0) is 14.3 Å². The first-order chi connectivity index (χ1) is 11.6. The number of aromatic hydroxyl groups is 2. The molecule has 1 aromatic carbocycles. The second kappa shape index (κ2) is 7.12. The standard InChI is InChI=1S/C17H20O8/c1-9-7-17(24,16(22)23)8-13(15(9)21)25-14(20)5-3-10-2-4-11(18)12(19)6-10/h2-6,9,13,15,18-19,21,24H,7-8H2,1H3,(H,22,23)/b5-3+/t9-,13-,15-,17+/m1/s1. The molecule has 5 N–H and O–H groups in total. The van der Waals surface area contributed by atoms with Crippen molar-refractivity contribution >= 4 is 18.0 Å². The number of carbonyl (C=O) groups excluding carboxylic acids is 1. The zero-order valence-corrected chi connectivity index (χ0v) is 13.5. The highest BCUT2D eigenvalue weighted by molar-refractivity contribution is 5.87. The van der Waals surface area contributed by atoms with Crippen molar-refractivity contribution in [2.75, 3.05) is 0 Å². The fraction of sp³-hybridized carbons (Fsp3) is 0.412. The van der Waals surface area contributed by atoms with E-state index in [1.165, 1.54) is 24.3 Å². The zero-order chi connectivity index (χ0) is 18.8. The molecular weight excluding hydrogens is 332 g/mol. The number of aliphatic carboxylic acids is 1. The molecule has 1 aliphatic rings. The summed E-state index contributed by atoms with van der Waals surface area (Å²) in [5, 5.41) is 47.9. The molecule has 0 aliphatic heterocycles. The molecule has 0 heterocycles. The number of carboxylic acid groups (broad SMARTS) is 1. The van der Waals surface area contributed by atoms with Gasteiger partial charge in [0.05, 0.1) is 6.10 Å². The van der Waals surface area contributed by atoms with Crippen molar-refractivity contribution in [1.82, 2.24) is 0 Å². The average Bonchev–Trinajstić information content (AvgIpc) is 2.53. The van der Waals surface area contributed by atoms with Gasteiger partial charge in [-0.15, -0.1) is 0 Å². The highest BCUT2D eigenvalue weighted by Gasteiger charge is 2.49. The van der Waals surface area contributed by atoms with Gasteiger partial charge in [-0.2, -0.15) is 0 Å². The minimum Gasteiger partial charge on any atom is -0.504 e. The van der Waals surface area contributed by atoms with Crippen molar-refractivity contribution in [1.29, 1.82) is 0 Å². The van der Waals surface area contributed by atoms with Crippen LogP contribution in [0.4, 0.5) is 0 Å². The highest BCUT2D eigenvalue weighted by atomic mass is 16.6. The monoisotopic (exact) mass is 352 g/mol. The maximum absolute atomic E-state index is 11.9. The molecule has 4 atom stereocenters. The van der Waals surface area contributed by atoms with Crippen LogP contribution in [0.5, 0.6) is 11.5 Å². The molecule has 1 aromatic rings. The summed E-state index contributed by atoms with van der Waals surface area (Å²) < 4.78 is 5.08. The minimum absolute atomic E-state index is 0.139. The molecule has 8 nitrogen and oxygen atoms in total. The fourth-order valence-electron chi connectivity index (χ4n) is 2.84. The number of benzene rings is 1. The van der Waals surface area contributed by atoms with Crippen LogP contribution in [0, 0.1) is 5.92 Å². The van der Waals surface area contributed by atoms with Crippen LogP contribution < -0.4 is 0 Å². The van der Waals surface area contributed by atoms with Crippen LogP contribution in [0.25, 0.3) is 6.08 Å². The van der Waals surface area contributed by atoms with Crippen molar-refractivity contribution in [3.05, 3.63) is 29.8 Å². The normalized spacial score (nSPS) is 29.5. The predicted molar refractivity (Wildman–Crippen MR) is 85.7 cm³/mol. The number of hydrogen-bond donors (Lipinski definition) is 5. The molecule has 0 saturated heterocycles. The number of aliphatic hydroxyl groups is 2. The van der Waals surface area contributed by atoms with Crippen molar-refractivity contribution in [3.8, 4) is 11.5 Å². The average molecular weight is 352 g/mol. The maximum Gasteiger partial charge on any atom is 0.335 e. The molecule has 0 radical (unpaired) electrons. The number of phenols is 2. The molecule has 0 aromatic heterocycles. The third kappa shape index (κ3) is 4.28. The summed E-state index contributed by atoms with van der Waals surface area (Å²) in [6.07, 6.45) is -0.431. The van der Waals surface area contributed by atoms with Crippen molar-refractivity contribution in [3.63, 3.8) is 0 Å². The number of aliphatic hydroxyl groups excluding tert-OH is 1. The Morgan fingerprint density at radius 3 is 2.52 bits per heavy atom. The van der Waals surface area contributed by atoms with E-state index in [1.54, 1.807) is 6.92 Å². The van der Waals surface area contributed by atoms with Gasteiger partial charge in [-0.05, 0) is 36.1 Å². The number of phenolic OH excluding ortho intramolecular Hbond substituents is 2. The Balaban J connectivity index is 2.06. The number of carbonyl (C=O) groups is 2. The SMILES string of the molecule is C[C@@H]1C[C@@](O)(C(=O)O)C[C@@H](OC(=O)/C=C/c2ccc(O)c(O)c2)[C@@H]1O. The largest absolute Gasteiger partial charge is 0.504 e. The van der Waals surface area contributed by atoms with E-state index in [9.17, 15) is 30.0 Å². The second-order valence-corrected chi connectivity index (χ2v) is 6.27.